The van der Waals surface area contributed by atoms with E-state index in [0.29, 0.717) is 6.16 Å². The van der Waals surface area contributed by atoms with Crippen molar-refractivity contribution in [1.29, 1.82) is 0 Å². The molecule has 2 unspecified atom stereocenters. The SMILES string of the molecule is O=[P+](O)CC1C=Cc2ccccc21. The molecule has 1 aliphatic carbocycles. The molecule has 3 heteroatoms. The molecule has 2 atom stereocenters. The molecule has 2 rings (SSSR count). The molecule has 1 N–H and O–H groups in total. The van der Waals surface area contributed by atoms with E-state index in [1.54, 1.807) is 0 Å². The Morgan fingerprint density at radius 3 is 2.92 bits per heavy atom. The van der Waals surface area contributed by atoms with Crippen LogP contribution in [0.25, 0.3) is 6.08 Å². The Kier molecular flexibility index (Phi) is 2.26. The zero-order valence-corrected chi connectivity index (χ0v) is 7.95. The second-order valence-corrected chi connectivity index (χ2v) is 4.20. The van der Waals surface area contributed by atoms with Crippen LogP contribution in [0.2, 0.25) is 0 Å². The normalized spacial score (nSPS) is 20.1. The van der Waals surface area contributed by atoms with Gasteiger partial charge in [0.25, 0.3) is 0 Å². The third-order valence-electron chi connectivity index (χ3n) is 2.26. The van der Waals surface area contributed by atoms with Crippen molar-refractivity contribution in [2.45, 2.75) is 5.92 Å². The quantitative estimate of drug-likeness (QED) is 0.733. The monoisotopic (exact) mass is 193 g/mol. The molecular weight excluding hydrogens is 183 g/mol. The lowest BCUT2D eigenvalue weighted by molar-refractivity contribution is 0.501. The van der Waals surface area contributed by atoms with E-state index in [1.165, 1.54) is 11.1 Å². The minimum atomic E-state index is -2.04. The van der Waals surface area contributed by atoms with Crippen LogP contribution in [-0.4, -0.2) is 11.1 Å². The first-order chi connectivity index (χ1) is 6.27. The van der Waals surface area contributed by atoms with E-state index in [4.69, 9.17) is 4.89 Å². The van der Waals surface area contributed by atoms with Gasteiger partial charge >= 0.3 is 8.03 Å². The molecule has 2 nitrogen and oxygen atoms in total. The number of rotatable bonds is 2. The summed E-state index contributed by atoms with van der Waals surface area (Å²) in [6, 6.07) is 7.98. The van der Waals surface area contributed by atoms with Gasteiger partial charge in [0.05, 0.1) is 0 Å². The van der Waals surface area contributed by atoms with Crippen molar-refractivity contribution in [2.75, 3.05) is 6.16 Å². The topological polar surface area (TPSA) is 37.3 Å². The van der Waals surface area contributed by atoms with E-state index in [2.05, 4.69) is 0 Å². The Balaban J connectivity index is 2.28. The predicted octanol–water partition coefficient (Wildman–Crippen LogP) is 2.53. The highest BCUT2D eigenvalue weighted by molar-refractivity contribution is 7.38. The van der Waals surface area contributed by atoms with Crippen LogP contribution in [0.1, 0.15) is 17.0 Å². The van der Waals surface area contributed by atoms with E-state index in [9.17, 15) is 4.57 Å². The number of benzene rings is 1. The largest absolute Gasteiger partial charge is 0.506 e. The van der Waals surface area contributed by atoms with Gasteiger partial charge in [0.1, 0.15) is 0 Å². The molecule has 0 aliphatic heterocycles. The first-order valence-corrected chi connectivity index (χ1v) is 5.58. The van der Waals surface area contributed by atoms with Gasteiger partial charge in [0, 0.05) is 5.92 Å². The van der Waals surface area contributed by atoms with Crippen LogP contribution >= 0.6 is 8.03 Å². The van der Waals surface area contributed by atoms with Gasteiger partial charge in [0.2, 0.25) is 0 Å². The van der Waals surface area contributed by atoms with Crippen molar-refractivity contribution in [3.8, 4) is 0 Å². The average Bonchev–Trinajstić information content (AvgIpc) is 2.48. The summed E-state index contributed by atoms with van der Waals surface area (Å²) in [6.07, 6.45) is 4.34. The molecule has 0 fully saturated rings. The molecule has 66 valence electrons. The lowest BCUT2D eigenvalue weighted by atomic mass is 10.0. The third-order valence-corrected chi connectivity index (χ3v) is 2.96. The van der Waals surface area contributed by atoms with Gasteiger partial charge < -0.3 is 0 Å². The Labute approximate surface area is 77.8 Å². The molecule has 0 bridgehead atoms. The van der Waals surface area contributed by atoms with Crippen molar-refractivity contribution in [2.24, 2.45) is 0 Å². The number of fused-ring (bicyclic) bond motifs is 1. The fraction of sp³-hybridized carbons (Fsp3) is 0.200. The summed E-state index contributed by atoms with van der Waals surface area (Å²) >= 11 is 0. The first-order valence-electron chi connectivity index (χ1n) is 4.18. The maximum absolute atomic E-state index is 10.7. The van der Waals surface area contributed by atoms with Crippen molar-refractivity contribution in [3.63, 3.8) is 0 Å². The third kappa shape index (κ3) is 1.69. The number of hydrogen-bond acceptors (Lipinski definition) is 1. The van der Waals surface area contributed by atoms with E-state index in [0.717, 1.165) is 0 Å². The van der Waals surface area contributed by atoms with Gasteiger partial charge in [-0.25, -0.2) is 0 Å². The van der Waals surface area contributed by atoms with E-state index >= 15 is 0 Å². The maximum Gasteiger partial charge on any atom is 0.506 e. The molecule has 0 amide bonds. The van der Waals surface area contributed by atoms with Crippen molar-refractivity contribution >= 4 is 14.1 Å². The van der Waals surface area contributed by atoms with Crippen LogP contribution in [0.4, 0.5) is 0 Å². The summed E-state index contributed by atoms with van der Waals surface area (Å²) in [5.74, 6) is 0.129. The Morgan fingerprint density at radius 1 is 1.38 bits per heavy atom. The number of hydrogen-bond donors (Lipinski definition) is 1. The average molecular weight is 193 g/mol. The summed E-state index contributed by atoms with van der Waals surface area (Å²) in [4.78, 5) is 8.81. The molecule has 13 heavy (non-hydrogen) atoms. The van der Waals surface area contributed by atoms with Gasteiger partial charge in [-0.05, 0) is 15.7 Å². The molecule has 1 aromatic carbocycles. The van der Waals surface area contributed by atoms with Crippen LogP contribution in [0.15, 0.2) is 30.3 Å². The van der Waals surface area contributed by atoms with Gasteiger partial charge in [0.15, 0.2) is 6.16 Å². The summed E-state index contributed by atoms with van der Waals surface area (Å²) in [7, 11) is -2.04. The molecule has 0 saturated heterocycles. The van der Waals surface area contributed by atoms with E-state index in [1.807, 2.05) is 36.4 Å². The Bertz CT molecular complexity index is 371. The standard InChI is InChI=1S/C10H9O2P/c11-13(12)7-9-6-5-8-3-1-2-4-10(8)9/h1-6,9H,7H2/p+1. The van der Waals surface area contributed by atoms with Crippen LogP contribution < -0.4 is 0 Å². The zero-order chi connectivity index (χ0) is 9.26. The van der Waals surface area contributed by atoms with E-state index in [-0.39, 0.29) is 5.92 Å². The highest BCUT2D eigenvalue weighted by Gasteiger charge is 2.25. The first kappa shape index (κ1) is 8.61. The predicted molar refractivity (Wildman–Crippen MR) is 52.9 cm³/mol. The molecular formula is C10H10O2P+. The minimum absolute atomic E-state index is 0.129. The van der Waals surface area contributed by atoms with Gasteiger partial charge in [-0.15, -0.1) is 0 Å². The molecule has 0 radical (unpaired) electrons. The fourth-order valence-electron chi connectivity index (χ4n) is 1.65. The molecule has 1 aromatic rings. The van der Waals surface area contributed by atoms with Crippen molar-refractivity contribution in [1.82, 2.24) is 0 Å². The molecule has 0 spiro atoms. The highest BCUT2D eigenvalue weighted by atomic mass is 31.1. The maximum atomic E-state index is 10.7. The van der Waals surface area contributed by atoms with Crippen LogP contribution in [-0.2, 0) is 4.57 Å². The van der Waals surface area contributed by atoms with Crippen molar-refractivity contribution in [3.05, 3.63) is 41.5 Å². The van der Waals surface area contributed by atoms with Crippen LogP contribution in [0.5, 0.6) is 0 Å². The van der Waals surface area contributed by atoms with Crippen LogP contribution in [0, 0.1) is 0 Å². The smallest absolute Gasteiger partial charge is 0.161 e. The van der Waals surface area contributed by atoms with Gasteiger partial charge in [-0.2, -0.15) is 4.89 Å². The van der Waals surface area contributed by atoms with Gasteiger partial charge in [-0.3, -0.25) is 0 Å². The molecule has 0 aromatic heterocycles. The lowest BCUT2D eigenvalue weighted by Crippen LogP contribution is -1.95. The summed E-state index contributed by atoms with van der Waals surface area (Å²) < 4.78 is 10.7. The number of allylic oxidation sites excluding steroid dienone is 1. The van der Waals surface area contributed by atoms with Crippen LogP contribution in [0.3, 0.4) is 0 Å². The summed E-state index contributed by atoms with van der Waals surface area (Å²) in [6.45, 7) is 0. The molecule has 1 aliphatic rings. The van der Waals surface area contributed by atoms with E-state index < -0.39 is 8.03 Å². The Morgan fingerprint density at radius 2 is 2.15 bits per heavy atom. The summed E-state index contributed by atoms with van der Waals surface area (Å²) in [5.41, 5.74) is 2.34. The zero-order valence-electron chi connectivity index (χ0n) is 7.05. The Hall–Kier alpha value is -0.980. The fourth-order valence-corrected chi connectivity index (χ4v) is 2.31. The van der Waals surface area contributed by atoms with Crippen molar-refractivity contribution < 1.29 is 9.46 Å². The minimum Gasteiger partial charge on any atom is -0.161 e. The lowest BCUT2D eigenvalue weighted by Gasteiger charge is -2.02. The second kappa shape index (κ2) is 3.41. The second-order valence-electron chi connectivity index (χ2n) is 3.13. The van der Waals surface area contributed by atoms with Gasteiger partial charge in [-0.1, -0.05) is 36.4 Å². The highest BCUT2D eigenvalue weighted by Crippen LogP contribution is 2.34. The molecule has 0 saturated carbocycles. The summed E-state index contributed by atoms with van der Waals surface area (Å²) in [5, 5.41) is 0. The molecule has 0 heterocycles.